The summed E-state index contributed by atoms with van der Waals surface area (Å²) in [6.07, 6.45) is 1.80. The van der Waals surface area contributed by atoms with E-state index in [-0.39, 0.29) is 12.5 Å². The molecular weight excluding hydrogens is 242 g/mol. The van der Waals surface area contributed by atoms with E-state index in [4.69, 9.17) is 5.73 Å². The van der Waals surface area contributed by atoms with Crippen LogP contribution in [0.2, 0.25) is 0 Å². The molecule has 0 aliphatic carbocycles. The summed E-state index contributed by atoms with van der Waals surface area (Å²) in [5, 5.41) is 10.7. The second-order valence-corrected chi connectivity index (χ2v) is 4.43. The fourth-order valence-corrected chi connectivity index (χ4v) is 1.82. The van der Waals surface area contributed by atoms with Crippen LogP contribution in [-0.2, 0) is 11.3 Å². The van der Waals surface area contributed by atoms with Crippen molar-refractivity contribution in [2.45, 2.75) is 20.4 Å². The first-order chi connectivity index (χ1) is 9.10. The summed E-state index contributed by atoms with van der Waals surface area (Å²) in [6, 6.07) is 6.12. The third kappa shape index (κ3) is 3.17. The van der Waals surface area contributed by atoms with Gasteiger partial charge in [-0.3, -0.25) is 4.79 Å². The van der Waals surface area contributed by atoms with Crippen molar-refractivity contribution >= 4 is 5.91 Å². The number of carbonyl (C=O) groups is 1. The summed E-state index contributed by atoms with van der Waals surface area (Å²) >= 11 is 0. The molecule has 0 fully saturated rings. The van der Waals surface area contributed by atoms with Gasteiger partial charge in [-0.2, -0.15) is 0 Å². The highest BCUT2D eigenvalue weighted by Crippen LogP contribution is 2.14. The zero-order valence-electron chi connectivity index (χ0n) is 11.1. The summed E-state index contributed by atoms with van der Waals surface area (Å²) < 4.78 is 1.71. The average Bonchev–Trinajstić information content (AvgIpc) is 2.84. The number of rotatable bonds is 4. The van der Waals surface area contributed by atoms with Crippen molar-refractivity contribution in [3.63, 3.8) is 0 Å². The Hall–Kier alpha value is -2.21. The first kappa shape index (κ1) is 13.2. The molecule has 100 valence electrons. The van der Waals surface area contributed by atoms with E-state index in [0.29, 0.717) is 12.2 Å². The molecule has 0 aliphatic rings. The zero-order valence-corrected chi connectivity index (χ0v) is 11.1. The summed E-state index contributed by atoms with van der Waals surface area (Å²) in [5.74, 6) is -0.207. The smallest absolute Gasteiger partial charge is 0.234 e. The van der Waals surface area contributed by atoms with E-state index in [1.165, 1.54) is 5.56 Å². The maximum absolute atomic E-state index is 11.1. The Morgan fingerprint density at radius 2 is 2.21 bits per heavy atom. The summed E-state index contributed by atoms with van der Waals surface area (Å²) in [7, 11) is 0. The van der Waals surface area contributed by atoms with Crippen molar-refractivity contribution in [3.05, 3.63) is 41.2 Å². The van der Waals surface area contributed by atoms with E-state index in [1.54, 1.807) is 10.9 Å². The zero-order chi connectivity index (χ0) is 13.8. The van der Waals surface area contributed by atoms with Gasteiger partial charge in [-0.25, -0.2) is 4.68 Å². The Bertz CT molecular complexity index is 590. The number of aromatic nitrogens is 3. The number of amides is 1. The van der Waals surface area contributed by atoms with E-state index in [0.717, 1.165) is 11.3 Å². The van der Waals surface area contributed by atoms with Gasteiger partial charge in [0.05, 0.1) is 25.0 Å². The van der Waals surface area contributed by atoms with Crippen LogP contribution >= 0.6 is 0 Å². The van der Waals surface area contributed by atoms with E-state index in [2.05, 4.69) is 21.7 Å². The lowest BCUT2D eigenvalue weighted by Crippen LogP contribution is -2.29. The molecule has 0 aliphatic heterocycles. The molecule has 0 radical (unpaired) electrons. The van der Waals surface area contributed by atoms with Gasteiger partial charge < -0.3 is 11.1 Å². The van der Waals surface area contributed by atoms with Crippen LogP contribution in [0.25, 0.3) is 5.69 Å². The van der Waals surface area contributed by atoms with Gasteiger partial charge in [-0.05, 0) is 25.5 Å². The Labute approximate surface area is 111 Å². The van der Waals surface area contributed by atoms with E-state index in [9.17, 15) is 4.79 Å². The second kappa shape index (κ2) is 5.62. The van der Waals surface area contributed by atoms with E-state index in [1.807, 2.05) is 26.0 Å². The molecule has 1 aromatic carbocycles. The minimum absolute atomic E-state index is 0.0226. The van der Waals surface area contributed by atoms with Crippen molar-refractivity contribution in [3.8, 4) is 5.69 Å². The minimum atomic E-state index is -0.207. The molecule has 0 saturated heterocycles. The number of carbonyl (C=O) groups excluding carboxylic acids is 1. The largest absolute Gasteiger partial charge is 0.349 e. The lowest BCUT2D eigenvalue weighted by Gasteiger charge is -2.05. The minimum Gasteiger partial charge on any atom is -0.349 e. The SMILES string of the molecule is Cc1ccc(-n2cc(CNC(=O)CN)nn2)c(C)c1. The van der Waals surface area contributed by atoms with Crippen LogP contribution in [-0.4, -0.2) is 27.4 Å². The molecule has 6 heteroatoms. The van der Waals surface area contributed by atoms with Crippen LogP contribution < -0.4 is 11.1 Å². The quantitative estimate of drug-likeness (QED) is 0.835. The van der Waals surface area contributed by atoms with Gasteiger partial charge in [0.15, 0.2) is 0 Å². The molecule has 3 N–H and O–H groups in total. The number of nitrogens with two attached hydrogens (primary N) is 1. The number of nitrogens with one attached hydrogen (secondary N) is 1. The number of benzene rings is 1. The number of aryl methyl sites for hydroxylation is 2. The molecule has 19 heavy (non-hydrogen) atoms. The fourth-order valence-electron chi connectivity index (χ4n) is 1.82. The highest BCUT2D eigenvalue weighted by molar-refractivity contribution is 5.77. The number of hydrogen-bond donors (Lipinski definition) is 2. The Morgan fingerprint density at radius 3 is 2.89 bits per heavy atom. The van der Waals surface area contributed by atoms with Gasteiger partial charge in [-0.15, -0.1) is 5.10 Å². The number of hydrogen-bond acceptors (Lipinski definition) is 4. The lowest BCUT2D eigenvalue weighted by atomic mass is 10.1. The van der Waals surface area contributed by atoms with Crippen molar-refractivity contribution in [1.29, 1.82) is 0 Å². The summed E-state index contributed by atoms with van der Waals surface area (Å²) in [5.41, 5.74) is 9.22. The maximum Gasteiger partial charge on any atom is 0.234 e. The normalized spacial score (nSPS) is 10.5. The first-order valence-corrected chi connectivity index (χ1v) is 6.06. The molecule has 0 atom stereocenters. The lowest BCUT2D eigenvalue weighted by molar-refractivity contribution is -0.119. The van der Waals surface area contributed by atoms with Gasteiger partial charge in [0.2, 0.25) is 5.91 Å². The van der Waals surface area contributed by atoms with Crippen molar-refractivity contribution < 1.29 is 4.79 Å². The third-order valence-corrected chi connectivity index (χ3v) is 2.79. The van der Waals surface area contributed by atoms with E-state index >= 15 is 0 Å². The molecule has 1 heterocycles. The standard InChI is InChI=1S/C13H17N5O/c1-9-3-4-12(10(2)5-9)18-8-11(16-17-18)7-15-13(19)6-14/h3-5,8H,6-7,14H2,1-2H3,(H,15,19). The van der Waals surface area contributed by atoms with Crippen LogP contribution in [0.3, 0.4) is 0 Å². The molecule has 0 unspecified atom stereocenters. The van der Waals surface area contributed by atoms with Gasteiger partial charge in [0.25, 0.3) is 0 Å². The molecule has 6 nitrogen and oxygen atoms in total. The molecule has 2 aromatic rings. The van der Waals surface area contributed by atoms with Crippen LogP contribution in [0.1, 0.15) is 16.8 Å². The first-order valence-electron chi connectivity index (χ1n) is 6.06. The summed E-state index contributed by atoms with van der Waals surface area (Å²) in [4.78, 5) is 11.1. The monoisotopic (exact) mass is 259 g/mol. The predicted molar refractivity (Wildman–Crippen MR) is 71.7 cm³/mol. The van der Waals surface area contributed by atoms with Crippen molar-refractivity contribution in [2.24, 2.45) is 5.73 Å². The average molecular weight is 259 g/mol. The van der Waals surface area contributed by atoms with Gasteiger partial charge in [0, 0.05) is 0 Å². The van der Waals surface area contributed by atoms with Crippen LogP contribution in [0.15, 0.2) is 24.4 Å². The van der Waals surface area contributed by atoms with E-state index < -0.39 is 0 Å². The van der Waals surface area contributed by atoms with Crippen LogP contribution in [0.4, 0.5) is 0 Å². The van der Waals surface area contributed by atoms with Gasteiger partial charge in [0.1, 0.15) is 5.69 Å². The molecular formula is C13H17N5O. The molecule has 1 amide bonds. The van der Waals surface area contributed by atoms with Crippen molar-refractivity contribution in [1.82, 2.24) is 20.3 Å². The fraction of sp³-hybridized carbons (Fsp3) is 0.308. The molecule has 2 rings (SSSR count). The molecule has 0 spiro atoms. The Morgan fingerprint density at radius 1 is 1.42 bits per heavy atom. The predicted octanol–water partition coefficient (Wildman–Crippen LogP) is 0.459. The Kier molecular flexibility index (Phi) is 3.91. The molecule has 1 aromatic heterocycles. The molecule has 0 bridgehead atoms. The summed E-state index contributed by atoms with van der Waals surface area (Å²) in [6.45, 7) is 4.39. The van der Waals surface area contributed by atoms with Crippen molar-refractivity contribution in [2.75, 3.05) is 6.54 Å². The third-order valence-electron chi connectivity index (χ3n) is 2.79. The van der Waals surface area contributed by atoms with Gasteiger partial charge in [-0.1, -0.05) is 22.9 Å². The van der Waals surface area contributed by atoms with Gasteiger partial charge >= 0.3 is 0 Å². The van der Waals surface area contributed by atoms with Crippen LogP contribution in [0, 0.1) is 13.8 Å². The highest BCUT2D eigenvalue weighted by Gasteiger charge is 2.06. The Balaban J connectivity index is 2.14. The topological polar surface area (TPSA) is 85.8 Å². The highest BCUT2D eigenvalue weighted by atomic mass is 16.1. The van der Waals surface area contributed by atoms with Crippen LogP contribution in [0.5, 0.6) is 0 Å². The maximum atomic E-state index is 11.1. The second-order valence-electron chi connectivity index (χ2n) is 4.43. The molecule has 0 saturated carbocycles. The number of nitrogens with zero attached hydrogens (tertiary/aromatic N) is 3.